The molecule has 0 spiro atoms. The molecule has 1 amide bonds. The molecular weight excluding hydrogens is 342 g/mol. The highest BCUT2D eigenvalue weighted by Crippen LogP contribution is 2.28. The van der Waals surface area contributed by atoms with Crippen LogP contribution in [0.2, 0.25) is 5.02 Å². The molecule has 0 fully saturated rings. The Morgan fingerprint density at radius 3 is 2.64 bits per heavy atom. The Bertz CT molecular complexity index is 865. The summed E-state index contributed by atoms with van der Waals surface area (Å²) in [6, 6.07) is 12.7. The first-order valence-electron chi connectivity index (χ1n) is 7.19. The zero-order valence-corrected chi connectivity index (χ0v) is 14.0. The maximum absolute atomic E-state index is 12.2. The van der Waals surface area contributed by atoms with Gasteiger partial charge in [0.25, 0.3) is 5.91 Å². The van der Waals surface area contributed by atoms with Crippen LogP contribution in [0.5, 0.6) is 5.75 Å². The van der Waals surface area contributed by atoms with Crippen molar-refractivity contribution >= 4 is 28.9 Å². The van der Waals surface area contributed by atoms with Crippen molar-refractivity contribution in [2.45, 2.75) is 12.5 Å². The summed E-state index contributed by atoms with van der Waals surface area (Å²) in [5.74, 6) is -0.246. The normalized spacial score (nSPS) is 12.4. The van der Waals surface area contributed by atoms with Crippen LogP contribution < -0.4 is 10.1 Å². The van der Waals surface area contributed by atoms with Crippen molar-refractivity contribution in [3.63, 3.8) is 0 Å². The van der Waals surface area contributed by atoms with Crippen LogP contribution in [0.1, 0.15) is 12.5 Å². The van der Waals surface area contributed by atoms with Gasteiger partial charge in [-0.25, -0.2) is 4.85 Å². The number of nitrogens with zero attached hydrogens (tertiary/aromatic N) is 2. The molecule has 2 rings (SSSR count). The van der Waals surface area contributed by atoms with Gasteiger partial charge in [0.05, 0.1) is 18.2 Å². The van der Waals surface area contributed by atoms with E-state index in [2.05, 4.69) is 10.2 Å². The number of nitrogens with one attached hydrogen (secondary N) is 1. The predicted molar refractivity (Wildman–Crippen MR) is 93.6 cm³/mol. The second-order valence-electron chi connectivity index (χ2n) is 5.43. The minimum absolute atomic E-state index is 0.210. The van der Waals surface area contributed by atoms with Crippen LogP contribution in [0.3, 0.4) is 0 Å². The average molecular weight is 356 g/mol. The number of hydrogen-bond acceptors (Lipinski definition) is 4. The lowest BCUT2D eigenvalue weighted by Gasteiger charge is -2.22. The lowest BCUT2D eigenvalue weighted by atomic mass is 10.1. The number of aliphatic hydroxyl groups is 1. The largest absolute Gasteiger partial charge is 0.490 e. The van der Waals surface area contributed by atoms with E-state index in [9.17, 15) is 9.90 Å². The van der Waals surface area contributed by atoms with Crippen molar-refractivity contribution in [2.24, 2.45) is 0 Å². The van der Waals surface area contributed by atoms with Crippen molar-refractivity contribution in [3.05, 3.63) is 64.5 Å². The van der Waals surface area contributed by atoms with Crippen LogP contribution in [0, 0.1) is 17.9 Å². The lowest BCUT2D eigenvalue weighted by molar-refractivity contribution is -0.135. The first-order valence-corrected chi connectivity index (χ1v) is 7.57. The van der Waals surface area contributed by atoms with Crippen LogP contribution >= 0.6 is 11.6 Å². The van der Waals surface area contributed by atoms with Gasteiger partial charge in [-0.05, 0) is 43.3 Å². The number of amides is 1. The van der Waals surface area contributed by atoms with E-state index in [1.54, 1.807) is 24.3 Å². The van der Waals surface area contributed by atoms with Gasteiger partial charge >= 0.3 is 0 Å². The number of benzene rings is 2. The lowest BCUT2D eigenvalue weighted by Crippen LogP contribution is -2.45. The molecule has 25 heavy (non-hydrogen) atoms. The molecule has 0 aromatic heterocycles. The van der Waals surface area contributed by atoms with E-state index in [0.717, 1.165) is 0 Å². The van der Waals surface area contributed by atoms with Crippen LogP contribution in [0.4, 0.5) is 11.4 Å². The molecule has 0 saturated carbocycles. The number of carbonyl (C=O) groups is 1. The Labute approximate surface area is 150 Å². The van der Waals surface area contributed by atoms with E-state index in [1.165, 1.54) is 25.1 Å². The number of rotatable bonds is 5. The molecule has 0 aliphatic rings. The Morgan fingerprint density at radius 2 is 2.08 bits per heavy atom. The Kier molecular flexibility index (Phi) is 5.61. The number of carbonyl (C=O) groups excluding carboxylic acids is 1. The van der Waals surface area contributed by atoms with Gasteiger partial charge in [0.1, 0.15) is 12.4 Å². The predicted octanol–water partition coefficient (Wildman–Crippen LogP) is 3.53. The van der Waals surface area contributed by atoms with Crippen molar-refractivity contribution in [3.8, 4) is 11.8 Å². The Hall–Kier alpha value is -3.06. The van der Waals surface area contributed by atoms with Gasteiger partial charge in [0, 0.05) is 10.7 Å². The first kappa shape index (κ1) is 18.3. The molecule has 126 valence electrons. The molecule has 0 bridgehead atoms. The number of nitriles is 1. The van der Waals surface area contributed by atoms with E-state index in [0.29, 0.717) is 17.0 Å². The second-order valence-corrected chi connectivity index (χ2v) is 5.84. The molecule has 2 N–H and O–H groups in total. The fraction of sp³-hybridized carbons (Fsp3) is 0.167. The third-order valence-corrected chi connectivity index (χ3v) is 3.62. The highest BCUT2D eigenvalue weighted by atomic mass is 35.5. The fourth-order valence-electron chi connectivity index (χ4n) is 1.86. The molecule has 1 atom stereocenters. The van der Waals surface area contributed by atoms with Crippen molar-refractivity contribution < 1.29 is 14.6 Å². The molecule has 0 aliphatic heterocycles. The fourth-order valence-corrected chi connectivity index (χ4v) is 2.08. The minimum atomic E-state index is -1.79. The smallest absolute Gasteiger partial charge is 0.259 e. The van der Waals surface area contributed by atoms with Crippen LogP contribution in [-0.4, -0.2) is 23.2 Å². The van der Waals surface area contributed by atoms with E-state index >= 15 is 0 Å². The molecule has 0 heterocycles. The van der Waals surface area contributed by atoms with Crippen LogP contribution in [0.15, 0.2) is 42.5 Å². The van der Waals surface area contributed by atoms with Crippen molar-refractivity contribution in [1.82, 2.24) is 0 Å². The SMILES string of the molecule is [C-]#[N+]c1ccc(NC(=O)[C@](C)(O)COc2ccc(C#N)cc2)cc1Cl. The summed E-state index contributed by atoms with van der Waals surface area (Å²) in [5, 5.41) is 21.8. The minimum Gasteiger partial charge on any atom is -0.490 e. The molecule has 7 heteroatoms. The van der Waals surface area contributed by atoms with E-state index in [1.807, 2.05) is 6.07 Å². The Balaban J connectivity index is 2.00. The van der Waals surface area contributed by atoms with E-state index in [-0.39, 0.29) is 17.3 Å². The quantitative estimate of drug-likeness (QED) is 0.803. The summed E-state index contributed by atoms with van der Waals surface area (Å²) in [5.41, 5.74) is -0.674. The number of anilines is 1. The zero-order chi connectivity index (χ0) is 18.4. The monoisotopic (exact) mass is 355 g/mol. The maximum Gasteiger partial charge on any atom is 0.259 e. The van der Waals surface area contributed by atoms with E-state index in [4.69, 9.17) is 28.2 Å². The molecule has 0 saturated heterocycles. The highest BCUT2D eigenvalue weighted by Gasteiger charge is 2.31. The number of ether oxygens (including phenoxy) is 1. The molecule has 0 radical (unpaired) electrons. The second kappa shape index (κ2) is 7.67. The summed E-state index contributed by atoms with van der Waals surface area (Å²) in [4.78, 5) is 15.5. The summed E-state index contributed by atoms with van der Waals surface area (Å²) >= 11 is 5.92. The number of hydrogen-bond donors (Lipinski definition) is 2. The van der Waals surface area contributed by atoms with Gasteiger partial charge in [-0.3, -0.25) is 4.79 Å². The molecular formula is C18H14ClN3O3. The van der Waals surface area contributed by atoms with Crippen molar-refractivity contribution in [1.29, 1.82) is 5.26 Å². The summed E-state index contributed by atoms with van der Waals surface area (Å²) < 4.78 is 5.40. The van der Waals surface area contributed by atoms with Gasteiger partial charge in [-0.2, -0.15) is 5.26 Å². The molecule has 6 nitrogen and oxygen atoms in total. The third-order valence-electron chi connectivity index (χ3n) is 3.32. The maximum atomic E-state index is 12.2. The molecule has 2 aromatic rings. The van der Waals surface area contributed by atoms with Crippen molar-refractivity contribution in [2.75, 3.05) is 11.9 Å². The van der Waals surface area contributed by atoms with Gasteiger partial charge in [-0.15, -0.1) is 0 Å². The number of halogens is 1. The van der Waals surface area contributed by atoms with Gasteiger partial charge in [0.2, 0.25) is 5.69 Å². The van der Waals surface area contributed by atoms with Gasteiger partial charge in [0.15, 0.2) is 5.60 Å². The van der Waals surface area contributed by atoms with Gasteiger partial charge < -0.3 is 15.2 Å². The molecule has 0 unspecified atom stereocenters. The molecule has 0 aliphatic carbocycles. The highest BCUT2D eigenvalue weighted by molar-refractivity contribution is 6.33. The zero-order valence-electron chi connectivity index (χ0n) is 13.3. The first-order chi connectivity index (χ1) is 11.9. The summed E-state index contributed by atoms with van der Waals surface area (Å²) in [6.45, 7) is 7.98. The third kappa shape index (κ3) is 4.71. The average Bonchev–Trinajstić information content (AvgIpc) is 2.60. The molecule has 2 aromatic carbocycles. The Morgan fingerprint density at radius 1 is 1.40 bits per heavy atom. The topological polar surface area (TPSA) is 86.7 Å². The van der Waals surface area contributed by atoms with E-state index < -0.39 is 11.5 Å². The van der Waals surface area contributed by atoms with Crippen LogP contribution in [0.25, 0.3) is 4.85 Å². The summed E-state index contributed by atoms with van der Waals surface area (Å²) in [6.07, 6.45) is 0. The van der Waals surface area contributed by atoms with Gasteiger partial charge in [-0.1, -0.05) is 17.7 Å². The standard InChI is InChI=1S/C18H14ClN3O3/c1-18(24,11-25-14-6-3-12(10-20)4-7-14)17(23)22-13-5-8-16(21-2)15(19)9-13/h3-9,24H,11H2,1H3,(H,22,23)/t18-/m1/s1. The summed E-state index contributed by atoms with van der Waals surface area (Å²) in [7, 11) is 0. The van der Waals surface area contributed by atoms with Crippen LogP contribution in [-0.2, 0) is 4.79 Å².